The van der Waals surface area contributed by atoms with Crippen molar-refractivity contribution in [1.82, 2.24) is 0 Å². The van der Waals surface area contributed by atoms with Crippen molar-refractivity contribution in [1.29, 1.82) is 0 Å². The van der Waals surface area contributed by atoms with E-state index in [4.69, 9.17) is 94.7 Å². The minimum Gasteiger partial charge on any atom is -0.457 e. The van der Waals surface area contributed by atoms with Crippen LogP contribution in [0.3, 0.4) is 0 Å². The predicted molar refractivity (Wildman–Crippen MR) is 463 cm³/mol. The molecule has 0 aromatic carbocycles. The second-order valence-corrected chi connectivity index (χ2v) is 54.4. The normalized spacial score (nSPS) is 64.2. The van der Waals surface area contributed by atoms with Gasteiger partial charge in [-0.25, -0.2) is 28.8 Å². The van der Waals surface area contributed by atoms with Gasteiger partial charge in [0.25, 0.3) is 0 Å². The average Bonchev–Trinajstić information content (AvgIpc) is 1.45. The summed E-state index contributed by atoms with van der Waals surface area (Å²) in [4.78, 5) is 78.6. The zero-order chi connectivity index (χ0) is 105. The van der Waals surface area contributed by atoms with Crippen LogP contribution in [0.15, 0.2) is 0 Å². The number of esters is 6. The third kappa shape index (κ3) is 8.86. The number of aliphatic hydroxyl groups is 19. The number of carbonyl (C=O) groups excluding carboxylic acids is 6. The van der Waals surface area contributed by atoms with Crippen LogP contribution >= 0.6 is 0 Å². The van der Waals surface area contributed by atoms with E-state index in [1.165, 1.54) is 6.92 Å². The highest BCUT2D eigenvalue weighted by atomic mass is 16.8. The van der Waals surface area contributed by atoms with E-state index in [0.717, 1.165) is 0 Å². The number of hydrogen-bond acceptors (Lipinski definition) is 45. The first-order chi connectivity index (χ1) is 67.1. The number of fused-ring (bicyclic) bond motifs is 5. The Hall–Kier alpha value is -4.50. The Kier molecular flexibility index (Phi) is 19.1. The van der Waals surface area contributed by atoms with Crippen molar-refractivity contribution in [3.63, 3.8) is 0 Å². The molecule has 10 spiro atoms. The smallest absolute Gasteiger partial charge is 0.342 e. The topological polar surface area (TPSA) is 671 Å². The summed E-state index contributed by atoms with van der Waals surface area (Å²) in [7, 11) is 0. The summed E-state index contributed by atoms with van der Waals surface area (Å²) in [5, 5.41) is 215. The second-order valence-electron chi connectivity index (χ2n) is 54.4. The summed E-state index contributed by atoms with van der Waals surface area (Å²) in [6, 6.07) is 0. The molecule has 45 nitrogen and oxygen atoms in total. The van der Waals surface area contributed by atoms with Gasteiger partial charge < -0.3 is 192 Å². The van der Waals surface area contributed by atoms with Gasteiger partial charge in [0.2, 0.25) is 35.0 Å². The average molecular weight is 2060 g/mol. The van der Waals surface area contributed by atoms with E-state index in [9.17, 15) is 126 Å². The highest BCUT2D eigenvalue weighted by molar-refractivity contribution is 5.94. The monoisotopic (exact) mass is 2060 g/mol. The van der Waals surface area contributed by atoms with E-state index in [-0.39, 0.29) is 58.0 Å². The molecule has 30 fully saturated rings. The first kappa shape index (κ1) is 99.8. The zero-order valence-corrected chi connectivity index (χ0v) is 84.2. The quantitative estimate of drug-likeness (QED) is 0.0796. The van der Waals surface area contributed by atoms with Crippen molar-refractivity contribution < 1.29 is 221 Å². The number of rotatable bonds is 0. The minimum atomic E-state index is -2.06. The maximum absolute atomic E-state index is 13.4. The minimum absolute atomic E-state index is 0.0465. The predicted octanol–water partition coefficient (Wildman–Crippen LogP) is -5.31. The van der Waals surface area contributed by atoms with Gasteiger partial charge in [-0.2, -0.15) is 0 Å². The molecule has 145 heavy (non-hydrogen) atoms. The third-order valence-corrected chi connectivity index (χ3v) is 45.3. The highest BCUT2D eigenvalue weighted by Crippen LogP contribution is 2.93. The van der Waals surface area contributed by atoms with Crippen molar-refractivity contribution in [3.8, 4) is 0 Å². The lowest BCUT2D eigenvalue weighted by Crippen LogP contribution is -2.67. The Morgan fingerprint density at radius 1 is 0.276 bits per heavy atom. The molecular formula is C100H138O45. The summed E-state index contributed by atoms with van der Waals surface area (Å²) in [5.41, 5.74) is -33.5. The van der Waals surface area contributed by atoms with Gasteiger partial charge in [0.15, 0.2) is 61.8 Å². The molecule has 20 heterocycles. The summed E-state index contributed by atoms with van der Waals surface area (Å²) < 4.78 is 118. The summed E-state index contributed by atoms with van der Waals surface area (Å²) in [5.74, 6) is -10.6. The molecule has 808 valence electrons. The van der Waals surface area contributed by atoms with Crippen molar-refractivity contribution in [3.05, 3.63) is 0 Å². The second kappa shape index (κ2) is 27.8. The van der Waals surface area contributed by atoms with Crippen LogP contribution in [-0.2, 0) is 124 Å². The van der Waals surface area contributed by atoms with Gasteiger partial charge in [-0.1, -0.05) is 138 Å². The molecule has 30 aliphatic rings. The highest BCUT2D eigenvalue weighted by Gasteiger charge is 3.09. The van der Waals surface area contributed by atoms with Crippen LogP contribution in [0, 0.1) is 140 Å². The Morgan fingerprint density at radius 2 is 0.566 bits per heavy atom. The Labute approximate surface area is 831 Å². The Balaban J connectivity index is 0.0000000923. The Bertz CT molecular complexity index is 5510. The number of carbonyl (C=O) groups is 6. The van der Waals surface area contributed by atoms with Gasteiger partial charge in [-0.3, -0.25) is 0 Å². The molecule has 20 saturated heterocycles. The molecule has 0 aromatic heterocycles. The molecular weight excluding hydrogens is 1920 g/mol. The first-order valence-electron chi connectivity index (χ1n) is 51.6. The molecule has 0 amide bonds. The summed E-state index contributed by atoms with van der Waals surface area (Å²) in [6.07, 6.45) is -32.2. The molecule has 10 aliphatic carbocycles. The molecule has 10 saturated carbocycles. The van der Waals surface area contributed by atoms with Gasteiger partial charge in [0.1, 0.15) is 64.6 Å². The van der Waals surface area contributed by atoms with Crippen LogP contribution in [0.4, 0.5) is 0 Å². The van der Waals surface area contributed by atoms with E-state index in [0.29, 0.717) is 13.0 Å². The molecule has 45 heteroatoms. The fraction of sp³-hybridized carbons (Fsp3) is 0.940. The van der Waals surface area contributed by atoms with Gasteiger partial charge in [-0.15, -0.1) is 0 Å². The van der Waals surface area contributed by atoms with Crippen LogP contribution < -0.4 is 0 Å². The third-order valence-electron chi connectivity index (χ3n) is 45.3. The van der Waals surface area contributed by atoms with Crippen LogP contribution in [0.2, 0.25) is 0 Å². The number of hydrogen-bond donors (Lipinski definition) is 19. The van der Waals surface area contributed by atoms with Crippen molar-refractivity contribution in [2.45, 2.75) is 405 Å². The van der Waals surface area contributed by atoms with E-state index >= 15 is 0 Å². The Morgan fingerprint density at radius 3 is 0.917 bits per heavy atom. The molecule has 27 unspecified atom stereocenters. The van der Waals surface area contributed by atoms with Gasteiger partial charge in [0.05, 0.1) is 160 Å². The molecule has 59 atom stereocenters. The number of ether oxygens (including phenoxy) is 20. The molecule has 30 rings (SSSR count). The van der Waals surface area contributed by atoms with Crippen LogP contribution in [0.1, 0.15) is 171 Å². The SMILES string of the molecule is C[C@@H]1C(O)OC2CC34C5OC(=O)C3(O[C@@H]3OC(=O)[C@H](O)C34[C@H](C(C)(C)C)[C@H]5O)[C@]21O.C[C@@H]1COC2CC34C5OC(=O)C3(O[C@@H]3OC(=O)[C@H](O)C34[C@H](C(C)(C)C)[C@H]5O)[C@]21O.C[C@@H]1COC2CC34C5OC(=O)C3(O[C@@H]3O[C@H](O)[C@H](O)C34[C@H](C(C)(C)C)[C@H]5O)[C@]21O.C[C@@H]1COC2CC34C5OC(=O)C3(O[C@@H]3O[C@H](O)[C@H](O)C34[C@H](C(C)(C)C)[C@H]5O)[C@]21O.C[C@@H]1COC2CC34C5OC(O)C3(O[C@@H]3OC[C@H](O)C34[C@H](C(C)(C)C)[C@H]5O)[C@]21O. The lowest BCUT2D eigenvalue weighted by atomic mass is 9.51. The fourth-order valence-electron chi connectivity index (χ4n) is 42.2. The fourth-order valence-corrected chi connectivity index (χ4v) is 42.2. The molecule has 20 aliphatic heterocycles. The largest absolute Gasteiger partial charge is 0.457 e. The van der Waals surface area contributed by atoms with E-state index < -0.39 is 405 Å². The van der Waals surface area contributed by atoms with Crippen LogP contribution in [-0.4, -0.2) is 401 Å². The maximum atomic E-state index is 13.4. The number of aliphatic hydroxyl groups excluding tert-OH is 14. The van der Waals surface area contributed by atoms with Gasteiger partial charge in [0, 0.05) is 59.2 Å². The van der Waals surface area contributed by atoms with Gasteiger partial charge in [-0.05, 0) is 59.2 Å². The molecule has 19 N–H and O–H groups in total. The standard InChI is InChI=1S/C20H26O10.2C20H28O9.C20H26O9.C20H30O8/c1-6-12(23)27-7-5-17-11-8(21)9(16(2,3)4)18(17)10(22)13(24)29-15(18)30-20(17,14(25)28-11)19(6,7)26;3*1-7-6-26-8-5-17-12-9(21)10(16(2,3)4)18(17)11(22)13(23)28-15(18)29-20(17,14(24)27-12)19(7,8)25;1-8-6-25-10-5-17-13-11(22)12(16(2,3)4)18(17)9(21)7-26-15(18)28-20(17,14(23)27-13)19(8,10)24/h6-12,15,21-23,26H,5H2,1-4H3;2*7-13,15,21-23,25H,5-6H2,1-4H3;7-12,15,21-22,25H,5-6H2,1-4H3;8-15,21-24H,5-7H2,1-4H3/t6-,7?,8-,9+,10+,11?,12?,15+,17?,18?,19-,20?;2*7-,8?,9-,10+,11+,12?,13+,15+,17?,18?,19-,20?;7-,8?,9-,10+,11+,12?,15+,17?,18?,19-,20?;8-,9+,10?,11-,12+,13?,14?,15+,17?,18?,19-,20?/m11111/s1. The summed E-state index contributed by atoms with van der Waals surface area (Å²) >= 11 is 0. The van der Waals surface area contributed by atoms with Crippen molar-refractivity contribution in [2.75, 3.05) is 33.0 Å². The summed E-state index contributed by atoms with van der Waals surface area (Å²) in [6.45, 7) is 38.8. The van der Waals surface area contributed by atoms with E-state index in [1.807, 2.05) is 111 Å². The first-order valence-corrected chi connectivity index (χ1v) is 51.6. The van der Waals surface area contributed by atoms with Crippen molar-refractivity contribution in [2.24, 2.45) is 140 Å². The van der Waals surface area contributed by atoms with Gasteiger partial charge >= 0.3 is 35.8 Å². The lowest BCUT2D eigenvalue weighted by molar-refractivity contribution is -0.296. The molecule has 0 bridgehead atoms. The molecule has 0 aromatic rings. The lowest BCUT2D eigenvalue weighted by Gasteiger charge is -2.49. The zero-order valence-electron chi connectivity index (χ0n) is 84.2. The van der Waals surface area contributed by atoms with Crippen LogP contribution in [0.25, 0.3) is 0 Å². The molecule has 0 radical (unpaired) electrons. The maximum Gasteiger partial charge on any atom is 0.342 e. The van der Waals surface area contributed by atoms with E-state index in [1.54, 1.807) is 20.8 Å². The van der Waals surface area contributed by atoms with E-state index in [2.05, 4.69) is 0 Å². The van der Waals surface area contributed by atoms with Crippen LogP contribution in [0.5, 0.6) is 0 Å². The van der Waals surface area contributed by atoms with Crippen molar-refractivity contribution >= 4 is 35.8 Å².